The van der Waals surface area contributed by atoms with Gasteiger partial charge in [0.1, 0.15) is 0 Å². The maximum atomic E-state index is 11.1. The Kier molecular flexibility index (Phi) is 7.24. The van der Waals surface area contributed by atoms with Crippen LogP contribution in [0.5, 0.6) is 0 Å². The first-order valence-electron chi connectivity index (χ1n) is 5.71. The Hall–Kier alpha value is -0.270. The predicted molar refractivity (Wildman–Crippen MR) is 75.1 cm³/mol. The molecule has 0 bridgehead atoms. The van der Waals surface area contributed by atoms with Crippen molar-refractivity contribution in [3.63, 3.8) is 0 Å². The van der Waals surface area contributed by atoms with Crippen molar-refractivity contribution >= 4 is 30.4 Å². The van der Waals surface area contributed by atoms with Gasteiger partial charge < -0.3 is 0 Å². The molecule has 0 aliphatic heterocycles. The van der Waals surface area contributed by atoms with Crippen molar-refractivity contribution in [1.82, 2.24) is 0 Å². The first-order valence-corrected chi connectivity index (χ1v) is 11.2. The Labute approximate surface area is 126 Å². The molecule has 0 rings (SSSR count). The van der Waals surface area contributed by atoms with Crippen LogP contribution in [0.2, 0.25) is 0 Å². The van der Waals surface area contributed by atoms with Crippen LogP contribution >= 0.6 is 0 Å². The third-order valence-electron chi connectivity index (χ3n) is 2.49. The van der Waals surface area contributed by atoms with E-state index in [1.54, 1.807) is 6.92 Å². The molecule has 0 aromatic rings. The molecule has 0 aromatic heterocycles. The van der Waals surface area contributed by atoms with E-state index < -0.39 is 55.6 Å². The van der Waals surface area contributed by atoms with Crippen LogP contribution in [-0.2, 0) is 42.9 Å². The highest BCUT2D eigenvalue weighted by Crippen LogP contribution is 2.26. The van der Waals surface area contributed by atoms with Crippen molar-refractivity contribution in [2.24, 2.45) is 5.41 Å². The van der Waals surface area contributed by atoms with Crippen LogP contribution in [-0.4, -0.2) is 63.8 Å². The van der Waals surface area contributed by atoms with Gasteiger partial charge in [-0.25, -0.2) is 0 Å². The second-order valence-electron chi connectivity index (χ2n) is 4.75. The zero-order valence-electron chi connectivity index (χ0n) is 12.2. The lowest BCUT2D eigenvalue weighted by molar-refractivity contribution is 0.0374. The summed E-state index contributed by atoms with van der Waals surface area (Å²) in [4.78, 5) is 0. The smallest absolute Gasteiger partial charge is 0.264 e. The molecule has 0 aliphatic rings. The third-order valence-corrected chi connectivity index (χ3v) is 4.13. The van der Waals surface area contributed by atoms with Gasteiger partial charge in [0.05, 0.1) is 38.6 Å². The average Bonchev–Trinajstić information content (AvgIpc) is 2.25. The molecule has 0 N–H and O–H groups in total. The van der Waals surface area contributed by atoms with Gasteiger partial charge in [0, 0.05) is 5.41 Å². The second kappa shape index (κ2) is 7.33. The summed E-state index contributed by atoms with van der Waals surface area (Å²) in [6.45, 7) is 0.205. The maximum absolute atomic E-state index is 11.1. The van der Waals surface area contributed by atoms with Crippen LogP contribution in [0.25, 0.3) is 0 Å². The highest BCUT2D eigenvalue weighted by atomic mass is 32.2. The summed E-state index contributed by atoms with van der Waals surface area (Å²) in [6.07, 6.45) is 2.64. The lowest BCUT2D eigenvalue weighted by Gasteiger charge is -2.30. The lowest BCUT2D eigenvalue weighted by Crippen LogP contribution is -2.38. The lowest BCUT2D eigenvalue weighted by atomic mass is 9.88. The minimum atomic E-state index is -3.78. The SMILES string of the molecule is CCC(COS(C)(=O)=O)(COS(C)(=O)=O)COS(C)(=O)=O. The van der Waals surface area contributed by atoms with Crippen molar-refractivity contribution in [2.75, 3.05) is 38.6 Å². The molecular weight excluding hydrogens is 348 g/mol. The highest BCUT2D eigenvalue weighted by Gasteiger charge is 2.34. The normalized spacial score (nSPS) is 14.3. The summed E-state index contributed by atoms with van der Waals surface area (Å²) >= 11 is 0. The van der Waals surface area contributed by atoms with Crippen LogP contribution in [0.15, 0.2) is 0 Å². The molecule has 0 heterocycles. The minimum absolute atomic E-state index is 0.174. The zero-order chi connectivity index (χ0) is 16.9. The Morgan fingerprint density at radius 2 is 0.905 bits per heavy atom. The van der Waals surface area contributed by atoms with Gasteiger partial charge in [0.25, 0.3) is 30.4 Å². The van der Waals surface area contributed by atoms with Gasteiger partial charge in [-0.05, 0) is 6.42 Å². The van der Waals surface area contributed by atoms with Crippen molar-refractivity contribution in [2.45, 2.75) is 13.3 Å². The van der Waals surface area contributed by atoms with E-state index >= 15 is 0 Å². The molecule has 0 radical (unpaired) electrons. The first-order chi connectivity index (χ1) is 9.18. The van der Waals surface area contributed by atoms with E-state index in [0.717, 1.165) is 18.8 Å². The fraction of sp³-hybridized carbons (Fsp3) is 1.00. The largest absolute Gasteiger partial charge is 0.270 e. The molecule has 0 spiro atoms. The monoisotopic (exact) mass is 368 g/mol. The fourth-order valence-electron chi connectivity index (χ4n) is 1.13. The molecule has 12 heteroatoms. The predicted octanol–water partition coefficient (Wildman–Crippen LogP) is -0.689. The van der Waals surface area contributed by atoms with Crippen LogP contribution < -0.4 is 0 Å². The third kappa shape index (κ3) is 11.0. The van der Waals surface area contributed by atoms with Crippen molar-refractivity contribution in [3.05, 3.63) is 0 Å². The Balaban J connectivity index is 5.16. The molecule has 9 nitrogen and oxygen atoms in total. The molecule has 0 atom stereocenters. The van der Waals surface area contributed by atoms with E-state index in [2.05, 4.69) is 12.5 Å². The number of hydrogen-bond acceptors (Lipinski definition) is 9. The maximum Gasteiger partial charge on any atom is 0.264 e. The molecule has 0 aromatic carbocycles. The van der Waals surface area contributed by atoms with Crippen LogP contribution in [0.1, 0.15) is 13.3 Å². The Bertz CT molecular complexity index is 542. The van der Waals surface area contributed by atoms with Crippen molar-refractivity contribution in [1.29, 1.82) is 0 Å². The first kappa shape index (κ1) is 20.7. The zero-order valence-corrected chi connectivity index (χ0v) is 14.7. The number of rotatable bonds is 10. The van der Waals surface area contributed by atoms with E-state index in [9.17, 15) is 25.3 Å². The Morgan fingerprint density at radius 3 is 1.05 bits per heavy atom. The molecule has 0 aliphatic carbocycles. The summed E-state index contributed by atoms with van der Waals surface area (Å²) in [5.74, 6) is 0. The molecule has 21 heavy (non-hydrogen) atoms. The summed E-state index contributed by atoms with van der Waals surface area (Å²) in [5.41, 5.74) is -1.24. The van der Waals surface area contributed by atoms with E-state index in [4.69, 9.17) is 0 Å². The topological polar surface area (TPSA) is 130 Å². The summed E-state index contributed by atoms with van der Waals surface area (Å²) in [7, 11) is -11.4. The van der Waals surface area contributed by atoms with Gasteiger partial charge in [-0.15, -0.1) is 0 Å². The molecule has 0 saturated carbocycles. The van der Waals surface area contributed by atoms with Gasteiger partial charge in [-0.2, -0.15) is 25.3 Å². The average molecular weight is 368 g/mol. The van der Waals surface area contributed by atoms with Gasteiger partial charge >= 0.3 is 0 Å². The van der Waals surface area contributed by atoms with Crippen molar-refractivity contribution in [3.8, 4) is 0 Å². The van der Waals surface area contributed by atoms with Crippen LogP contribution in [0.4, 0.5) is 0 Å². The van der Waals surface area contributed by atoms with E-state index in [1.165, 1.54) is 0 Å². The molecule has 0 unspecified atom stereocenters. The molecule has 0 fully saturated rings. The minimum Gasteiger partial charge on any atom is -0.270 e. The van der Waals surface area contributed by atoms with Crippen LogP contribution in [0, 0.1) is 5.41 Å². The van der Waals surface area contributed by atoms with E-state index in [0.29, 0.717) is 0 Å². The Morgan fingerprint density at radius 1 is 0.667 bits per heavy atom. The second-order valence-corrected chi connectivity index (χ2v) is 9.68. The molecule has 128 valence electrons. The van der Waals surface area contributed by atoms with Gasteiger partial charge in [-0.1, -0.05) is 6.92 Å². The number of hydrogen-bond donors (Lipinski definition) is 0. The van der Waals surface area contributed by atoms with E-state index in [1.807, 2.05) is 0 Å². The van der Waals surface area contributed by atoms with E-state index in [-0.39, 0.29) is 6.42 Å². The van der Waals surface area contributed by atoms with Crippen LogP contribution in [0.3, 0.4) is 0 Å². The van der Waals surface area contributed by atoms with Gasteiger partial charge in [0.15, 0.2) is 0 Å². The summed E-state index contributed by atoms with van der Waals surface area (Å²) in [6, 6.07) is 0. The summed E-state index contributed by atoms with van der Waals surface area (Å²) < 4.78 is 80.3. The van der Waals surface area contributed by atoms with Gasteiger partial charge in [-0.3, -0.25) is 12.5 Å². The molecule has 0 saturated heterocycles. The fourth-order valence-corrected chi connectivity index (χ4v) is 2.52. The quantitative estimate of drug-likeness (QED) is 0.460. The highest BCUT2D eigenvalue weighted by molar-refractivity contribution is 7.86. The molecule has 0 amide bonds. The summed E-state index contributed by atoms with van der Waals surface area (Å²) in [5, 5.41) is 0. The van der Waals surface area contributed by atoms with Crippen molar-refractivity contribution < 1.29 is 37.8 Å². The van der Waals surface area contributed by atoms with Gasteiger partial charge in [0.2, 0.25) is 0 Å². The molecular formula is C9H20O9S3. The standard InChI is InChI=1S/C9H20O9S3/c1-5-9(6-16-19(2,10)11,7-17-20(3,12)13)8-18-21(4,14)15/h5-8H2,1-4H3.